The quantitative estimate of drug-likeness (QED) is 0.778. The van der Waals surface area contributed by atoms with Gasteiger partial charge in [0.25, 0.3) is 11.5 Å². The van der Waals surface area contributed by atoms with Crippen molar-refractivity contribution < 1.29 is 4.79 Å². The Bertz CT molecular complexity index is 914. The summed E-state index contributed by atoms with van der Waals surface area (Å²) in [6.07, 6.45) is 0. The Labute approximate surface area is 132 Å². The fraction of sp³-hybridized carbons (Fsp3) is 0.118. The van der Waals surface area contributed by atoms with Crippen molar-refractivity contribution in [2.45, 2.75) is 0 Å². The van der Waals surface area contributed by atoms with Crippen LogP contribution >= 0.6 is 0 Å². The molecule has 0 fully saturated rings. The Kier molecular flexibility index (Phi) is 3.80. The van der Waals surface area contributed by atoms with Crippen LogP contribution in [0, 0.1) is 0 Å². The number of aromatic nitrogens is 2. The van der Waals surface area contributed by atoms with Gasteiger partial charge in [-0.2, -0.15) is 5.10 Å². The summed E-state index contributed by atoms with van der Waals surface area (Å²) < 4.78 is 0. The summed E-state index contributed by atoms with van der Waals surface area (Å²) in [6, 6.07) is 14.4. The molecular weight excluding hydrogens is 292 g/mol. The van der Waals surface area contributed by atoms with E-state index in [1.54, 1.807) is 24.3 Å². The molecule has 0 aliphatic rings. The number of carbonyl (C=O) groups is 1. The molecule has 1 amide bonds. The largest absolute Gasteiger partial charge is 0.378 e. The minimum absolute atomic E-state index is 0.192. The summed E-state index contributed by atoms with van der Waals surface area (Å²) in [5.41, 5.74) is 1.58. The second kappa shape index (κ2) is 5.92. The number of anilines is 2. The van der Waals surface area contributed by atoms with Gasteiger partial charge in [-0.05, 0) is 30.3 Å². The maximum absolute atomic E-state index is 12.5. The molecule has 2 N–H and O–H groups in total. The normalized spacial score (nSPS) is 10.5. The minimum atomic E-state index is -0.366. The number of H-pyrrole nitrogens is 1. The number of fused-ring (bicyclic) bond motifs is 1. The van der Waals surface area contributed by atoms with E-state index >= 15 is 0 Å². The lowest BCUT2D eigenvalue weighted by Gasteiger charge is -2.13. The molecule has 1 heterocycles. The monoisotopic (exact) mass is 308 g/mol. The Morgan fingerprint density at radius 3 is 2.35 bits per heavy atom. The maximum Gasteiger partial charge on any atom is 0.276 e. The van der Waals surface area contributed by atoms with E-state index in [9.17, 15) is 9.59 Å². The average Bonchev–Trinajstić information content (AvgIpc) is 2.56. The van der Waals surface area contributed by atoms with Crippen LogP contribution in [0.15, 0.2) is 53.3 Å². The van der Waals surface area contributed by atoms with Crippen molar-refractivity contribution in [2.75, 3.05) is 24.3 Å². The Morgan fingerprint density at radius 2 is 1.70 bits per heavy atom. The molecule has 0 unspecified atom stereocenters. The average molecular weight is 308 g/mol. The Morgan fingerprint density at radius 1 is 1.04 bits per heavy atom. The van der Waals surface area contributed by atoms with Crippen molar-refractivity contribution in [1.82, 2.24) is 10.2 Å². The number of hydrogen-bond donors (Lipinski definition) is 2. The zero-order chi connectivity index (χ0) is 16.4. The molecule has 1 aromatic heterocycles. The highest BCUT2D eigenvalue weighted by atomic mass is 16.2. The molecule has 3 aromatic rings. The van der Waals surface area contributed by atoms with E-state index in [0.717, 1.165) is 5.69 Å². The lowest BCUT2D eigenvalue weighted by molar-refractivity contribution is 0.102. The third-order valence-electron chi connectivity index (χ3n) is 3.55. The van der Waals surface area contributed by atoms with Gasteiger partial charge in [0.2, 0.25) is 0 Å². The number of amides is 1. The zero-order valence-electron chi connectivity index (χ0n) is 12.8. The van der Waals surface area contributed by atoms with Crippen LogP contribution < -0.4 is 15.8 Å². The minimum Gasteiger partial charge on any atom is -0.378 e. The molecule has 2 aromatic carbocycles. The van der Waals surface area contributed by atoms with E-state index < -0.39 is 0 Å². The first kappa shape index (κ1) is 14.8. The van der Waals surface area contributed by atoms with Gasteiger partial charge in [-0.3, -0.25) is 9.59 Å². The van der Waals surface area contributed by atoms with Gasteiger partial charge in [-0.15, -0.1) is 0 Å². The molecule has 23 heavy (non-hydrogen) atoms. The highest BCUT2D eigenvalue weighted by molar-refractivity contribution is 6.11. The zero-order valence-corrected chi connectivity index (χ0v) is 12.8. The van der Waals surface area contributed by atoms with Crippen LogP contribution in [0.2, 0.25) is 0 Å². The molecule has 0 aliphatic carbocycles. The summed E-state index contributed by atoms with van der Waals surface area (Å²) in [5, 5.41) is 10.0. The van der Waals surface area contributed by atoms with Crippen LogP contribution in [0.1, 0.15) is 10.5 Å². The van der Waals surface area contributed by atoms with Crippen LogP contribution in [0.5, 0.6) is 0 Å². The van der Waals surface area contributed by atoms with E-state index in [2.05, 4.69) is 15.5 Å². The molecule has 6 heteroatoms. The maximum atomic E-state index is 12.5. The van der Waals surface area contributed by atoms with E-state index in [0.29, 0.717) is 16.5 Å². The summed E-state index contributed by atoms with van der Waals surface area (Å²) in [7, 11) is 3.90. The molecule has 0 saturated heterocycles. The first-order chi connectivity index (χ1) is 11.1. The second-order valence-electron chi connectivity index (χ2n) is 5.34. The molecule has 3 rings (SSSR count). The SMILES string of the molecule is CN(C)c1ccc(NC(=O)c2n[nH]c(=O)c3ccccc23)cc1. The topological polar surface area (TPSA) is 78.1 Å². The third-order valence-corrected chi connectivity index (χ3v) is 3.55. The molecule has 0 saturated carbocycles. The van der Waals surface area contributed by atoms with Gasteiger partial charge in [0, 0.05) is 30.9 Å². The first-order valence-electron chi connectivity index (χ1n) is 7.12. The summed E-state index contributed by atoms with van der Waals surface area (Å²) >= 11 is 0. The molecule has 0 bridgehead atoms. The highest BCUT2D eigenvalue weighted by Gasteiger charge is 2.14. The number of nitrogens with zero attached hydrogens (tertiary/aromatic N) is 2. The number of nitrogens with one attached hydrogen (secondary N) is 2. The van der Waals surface area contributed by atoms with Gasteiger partial charge >= 0.3 is 0 Å². The van der Waals surface area contributed by atoms with Gasteiger partial charge in [0.1, 0.15) is 0 Å². The van der Waals surface area contributed by atoms with Gasteiger partial charge in [0.05, 0.1) is 5.39 Å². The number of benzene rings is 2. The molecular formula is C17H16N4O2. The van der Waals surface area contributed by atoms with Crippen molar-refractivity contribution in [1.29, 1.82) is 0 Å². The van der Waals surface area contributed by atoms with Gasteiger partial charge in [-0.25, -0.2) is 5.10 Å². The summed E-state index contributed by atoms with van der Waals surface area (Å²) in [6.45, 7) is 0. The van der Waals surface area contributed by atoms with Crippen molar-refractivity contribution in [3.05, 3.63) is 64.6 Å². The highest BCUT2D eigenvalue weighted by Crippen LogP contribution is 2.18. The summed E-state index contributed by atoms with van der Waals surface area (Å²) in [4.78, 5) is 26.2. The molecule has 0 aliphatic heterocycles. The van der Waals surface area contributed by atoms with Crippen LogP contribution in [0.3, 0.4) is 0 Å². The van der Waals surface area contributed by atoms with Gasteiger partial charge in [-0.1, -0.05) is 18.2 Å². The van der Waals surface area contributed by atoms with Crippen molar-refractivity contribution in [2.24, 2.45) is 0 Å². The smallest absolute Gasteiger partial charge is 0.276 e. The Hall–Kier alpha value is -3.15. The molecule has 0 radical (unpaired) electrons. The van der Waals surface area contributed by atoms with Crippen LogP contribution in [-0.4, -0.2) is 30.2 Å². The molecule has 0 spiro atoms. The fourth-order valence-electron chi connectivity index (χ4n) is 2.32. The lowest BCUT2D eigenvalue weighted by Crippen LogP contribution is -2.19. The predicted molar refractivity (Wildman–Crippen MR) is 91.1 cm³/mol. The number of aromatic amines is 1. The van der Waals surface area contributed by atoms with Crippen molar-refractivity contribution >= 4 is 28.1 Å². The molecule has 6 nitrogen and oxygen atoms in total. The lowest BCUT2D eigenvalue weighted by atomic mass is 10.1. The van der Waals surface area contributed by atoms with Crippen LogP contribution in [0.4, 0.5) is 11.4 Å². The Balaban J connectivity index is 1.92. The van der Waals surface area contributed by atoms with E-state index in [-0.39, 0.29) is 17.2 Å². The number of rotatable bonds is 3. The van der Waals surface area contributed by atoms with Crippen LogP contribution in [0.25, 0.3) is 10.8 Å². The fourth-order valence-corrected chi connectivity index (χ4v) is 2.32. The third kappa shape index (κ3) is 2.91. The van der Waals surface area contributed by atoms with Crippen molar-refractivity contribution in [3.8, 4) is 0 Å². The van der Waals surface area contributed by atoms with Crippen LogP contribution in [-0.2, 0) is 0 Å². The second-order valence-corrected chi connectivity index (χ2v) is 5.34. The van der Waals surface area contributed by atoms with E-state index in [1.807, 2.05) is 43.3 Å². The standard InChI is InChI=1S/C17H16N4O2/c1-21(2)12-9-7-11(8-10-12)18-17(23)15-13-5-3-4-6-14(13)16(22)20-19-15/h3-10H,1-2H3,(H,18,23)(H,20,22). The van der Waals surface area contributed by atoms with Gasteiger partial charge in [0.15, 0.2) is 5.69 Å². The van der Waals surface area contributed by atoms with E-state index in [1.165, 1.54) is 0 Å². The summed E-state index contributed by atoms with van der Waals surface area (Å²) in [5.74, 6) is -0.366. The first-order valence-corrected chi connectivity index (χ1v) is 7.12. The van der Waals surface area contributed by atoms with Crippen molar-refractivity contribution in [3.63, 3.8) is 0 Å². The molecule has 0 atom stereocenters. The predicted octanol–water partition coefficient (Wildman–Crippen LogP) is 2.24. The van der Waals surface area contributed by atoms with Gasteiger partial charge < -0.3 is 10.2 Å². The van der Waals surface area contributed by atoms with E-state index in [4.69, 9.17) is 0 Å². The number of hydrogen-bond acceptors (Lipinski definition) is 4. The number of carbonyl (C=O) groups excluding carboxylic acids is 1. The molecule has 116 valence electrons.